The number of likely N-dealkylation sites (tertiary alicyclic amines) is 1. The molecule has 1 aromatic carbocycles. The Balaban J connectivity index is 1.27. The average molecular weight is 393 g/mol. The van der Waals surface area contributed by atoms with Crippen LogP contribution in [0.25, 0.3) is 0 Å². The molecule has 0 radical (unpaired) electrons. The molecule has 29 heavy (non-hydrogen) atoms. The van der Waals surface area contributed by atoms with E-state index in [0.717, 1.165) is 49.4 Å². The fraction of sp³-hybridized carbons (Fsp3) is 0.435. The molecule has 6 nitrogen and oxygen atoms in total. The number of piperidine rings is 1. The van der Waals surface area contributed by atoms with Gasteiger partial charge in [0, 0.05) is 50.5 Å². The van der Waals surface area contributed by atoms with Crippen molar-refractivity contribution in [3.63, 3.8) is 0 Å². The Morgan fingerprint density at radius 3 is 2.62 bits per heavy atom. The molecule has 2 aromatic rings. The van der Waals surface area contributed by atoms with Gasteiger partial charge in [-0.3, -0.25) is 19.5 Å². The highest BCUT2D eigenvalue weighted by molar-refractivity contribution is 6.00. The maximum absolute atomic E-state index is 12.8. The zero-order valence-corrected chi connectivity index (χ0v) is 16.9. The summed E-state index contributed by atoms with van der Waals surface area (Å²) in [7, 11) is 0. The van der Waals surface area contributed by atoms with Crippen LogP contribution < -0.4 is 10.2 Å². The SMILES string of the molecule is Cc1ccccc1N1CC(C(=O)NC2CCN(Cc3ccccn3)CC2)CC1=O. The third-order valence-corrected chi connectivity index (χ3v) is 5.95. The van der Waals surface area contributed by atoms with Crippen LogP contribution in [0.2, 0.25) is 0 Å². The minimum atomic E-state index is -0.270. The zero-order chi connectivity index (χ0) is 20.2. The van der Waals surface area contributed by atoms with Crippen molar-refractivity contribution in [3.05, 3.63) is 59.9 Å². The molecule has 2 aliphatic heterocycles. The molecule has 0 saturated carbocycles. The Labute approximate surface area is 171 Å². The minimum Gasteiger partial charge on any atom is -0.353 e. The quantitative estimate of drug-likeness (QED) is 0.849. The summed E-state index contributed by atoms with van der Waals surface area (Å²) in [5, 5.41) is 3.19. The first kappa shape index (κ1) is 19.6. The average Bonchev–Trinajstić information content (AvgIpc) is 3.12. The van der Waals surface area contributed by atoms with Crippen LogP contribution in [0.15, 0.2) is 48.7 Å². The van der Waals surface area contributed by atoms with Crippen LogP contribution in [0.1, 0.15) is 30.5 Å². The number of aryl methyl sites for hydroxylation is 1. The van der Waals surface area contributed by atoms with Crippen molar-refractivity contribution < 1.29 is 9.59 Å². The first-order valence-corrected chi connectivity index (χ1v) is 10.4. The van der Waals surface area contributed by atoms with Crippen molar-refractivity contribution >= 4 is 17.5 Å². The number of aromatic nitrogens is 1. The Hall–Kier alpha value is -2.73. The highest BCUT2D eigenvalue weighted by atomic mass is 16.2. The van der Waals surface area contributed by atoms with Crippen LogP contribution in [0, 0.1) is 12.8 Å². The lowest BCUT2D eigenvalue weighted by atomic mass is 10.0. The first-order chi connectivity index (χ1) is 14.1. The van der Waals surface area contributed by atoms with Gasteiger partial charge in [-0.15, -0.1) is 0 Å². The van der Waals surface area contributed by atoms with E-state index in [-0.39, 0.29) is 23.8 Å². The number of hydrogen-bond acceptors (Lipinski definition) is 4. The van der Waals surface area contributed by atoms with E-state index >= 15 is 0 Å². The molecule has 0 aliphatic carbocycles. The second-order valence-corrected chi connectivity index (χ2v) is 8.07. The van der Waals surface area contributed by atoms with Gasteiger partial charge in [-0.05, 0) is 43.5 Å². The smallest absolute Gasteiger partial charge is 0.227 e. The lowest BCUT2D eigenvalue weighted by molar-refractivity contribution is -0.127. The molecule has 0 spiro atoms. The van der Waals surface area contributed by atoms with Gasteiger partial charge in [0.1, 0.15) is 0 Å². The molecular formula is C23H28N4O2. The van der Waals surface area contributed by atoms with Crippen molar-refractivity contribution in [2.24, 2.45) is 5.92 Å². The van der Waals surface area contributed by atoms with Crippen molar-refractivity contribution in [3.8, 4) is 0 Å². The monoisotopic (exact) mass is 392 g/mol. The topological polar surface area (TPSA) is 65.5 Å². The summed E-state index contributed by atoms with van der Waals surface area (Å²) >= 11 is 0. The van der Waals surface area contributed by atoms with Crippen LogP contribution in [-0.2, 0) is 16.1 Å². The largest absolute Gasteiger partial charge is 0.353 e. The van der Waals surface area contributed by atoms with Crippen LogP contribution in [-0.4, -0.2) is 47.4 Å². The molecule has 6 heteroatoms. The number of hydrogen-bond donors (Lipinski definition) is 1. The van der Waals surface area contributed by atoms with Gasteiger partial charge in [-0.25, -0.2) is 0 Å². The number of anilines is 1. The number of benzene rings is 1. The van der Waals surface area contributed by atoms with Gasteiger partial charge in [-0.1, -0.05) is 24.3 Å². The van der Waals surface area contributed by atoms with Gasteiger partial charge in [0.15, 0.2) is 0 Å². The van der Waals surface area contributed by atoms with Gasteiger partial charge in [0.05, 0.1) is 11.6 Å². The predicted octanol–water partition coefficient (Wildman–Crippen LogP) is 2.52. The van der Waals surface area contributed by atoms with Crippen LogP contribution in [0.4, 0.5) is 5.69 Å². The summed E-state index contributed by atoms with van der Waals surface area (Å²) in [6.07, 6.45) is 3.98. The maximum atomic E-state index is 12.8. The number of amides is 2. The minimum absolute atomic E-state index is 0.0117. The summed E-state index contributed by atoms with van der Waals surface area (Å²) < 4.78 is 0. The Kier molecular flexibility index (Phi) is 5.90. The number of pyridine rings is 1. The van der Waals surface area contributed by atoms with E-state index in [0.29, 0.717) is 13.0 Å². The second-order valence-electron chi connectivity index (χ2n) is 8.07. The maximum Gasteiger partial charge on any atom is 0.227 e. The van der Waals surface area contributed by atoms with E-state index in [2.05, 4.69) is 15.2 Å². The summed E-state index contributed by atoms with van der Waals surface area (Å²) in [5.74, 6) is -0.226. The van der Waals surface area contributed by atoms with Gasteiger partial charge in [0.2, 0.25) is 11.8 Å². The van der Waals surface area contributed by atoms with E-state index in [1.54, 1.807) is 4.90 Å². The van der Waals surface area contributed by atoms with E-state index in [4.69, 9.17) is 0 Å². The fourth-order valence-corrected chi connectivity index (χ4v) is 4.26. The molecular weight excluding hydrogens is 364 g/mol. The molecule has 1 aromatic heterocycles. The van der Waals surface area contributed by atoms with Gasteiger partial charge in [-0.2, -0.15) is 0 Å². The molecule has 152 valence electrons. The fourth-order valence-electron chi connectivity index (χ4n) is 4.26. The number of carbonyl (C=O) groups excluding carboxylic acids is 2. The molecule has 2 amide bonds. The molecule has 4 rings (SSSR count). The lowest BCUT2D eigenvalue weighted by Gasteiger charge is -2.32. The lowest BCUT2D eigenvalue weighted by Crippen LogP contribution is -2.46. The highest BCUT2D eigenvalue weighted by Gasteiger charge is 2.36. The Morgan fingerprint density at radius 1 is 1.14 bits per heavy atom. The summed E-state index contributed by atoms with van der Waals surface area (Å²) in [6.45, 7) is 5.20. The first-order valence-electron chi connectivity index (χ1n) is 10.4. The van der Waals surface area contributed by atoms with Gasteiger partial charge >= 0.3 is 0 Å². The summed E-state index contributed by atoms with van der Waals surface area (Å²) in [5.41, 5.74) is 3.05. The molecule has 1 N–H and O–H groups in total. The zero-order valence-electron chi connectivity index (χ0n) is 16.9. The molecule has 0 bridgehead atoms. The highest BCUT2D eigenvalue weighted by Crippen LogP contribution is 2.28. The summed E-state index contributed by atoms with van der Waals surface area (Å²) in [6, 6.07) is 14.0. The number of rotatable bonds is 5. The van der Waals surface area contributed by atoms with E-state index < -0.39 is 0 Å². The van der Waals surface area contributed by atoms with Crippen LogP contribution in [0.3, 0.4) is 0 Å². The van der Waals surface area contributed by atoms with E-state index in [9.17, 15) is 9.59 Å². The number of nitrogens with one attached hydrogen (secondary N) is 1. The normalized spacial score (nSPS) is 20.8. The Bertz CT molecular complexity index is 862. The molecule has 2 aliphatic rings. The number of para-hydroxylation sites is 1. The third-order valence-electron chi connectivity index (χ3n) is 5.95. The molecule has 1 atom stereocenters. The molecule has 2 fully saturated rings. The van der Waals surface area contributed by atoms with Gasteiger partial charge in [0.25, 0.3) is 0 Å². The molecule has 1 unspecified atom stereocenters. The summed E-state index contributed by atoms with van der Waals surface area (Å²) in [4.78, 5) is 33.8. The molecule has 3 heterocycles. The van der Waals surface area contributed by atoms with E-state index in [1.807, 2.05) is 55.6 Å². The van der Waals surface area contributed by atoms with Gasteiger partial charge < -0.3 is 10.2 Å². The van der Waals surface area contributed by atoms with Crippen LogP contribution in [0.5, 0.6) is 0 Å². The molecule has 2 saturated heterocycles. The van der Waals surface area contributed by atoms with Crippen molar-refractivity contribution in [1.82, 2.24) is 15.2 Å². The van der Waals surface area contributed by atoms with E-state index in [1.165, 1.54) is 0 Å². The predicted molar refractivity (Wildman–Crippen MR) is 112 cm³/mol. The third kappa shape index (κ3) is 4.65. The number of nitrogens with zero attached hydrogens (tertiary/aromatic N) is 3. The Morgan fingerprint density at radius 2 is 1.90 bits per heavy atom. The second kappa shape index (κ2) is 8.74. The number of carbonyl (C=O) groups is 2. The van der Waals surface area contributed by atoms with Crippen molar-refractivity contribution in [2.45, 2.75) is 38.8 Å². The van der Waals surface area contributed by atoms with Crippen LogP contribution >= 0.6 is 0 Å². The van der Waals surface area contributed by atoms with Crippen molar-refractivity contribution in [2.75, 3.05) is 24.5 Å². The standard InChI is InChI=1S/C23H28N4O2/c1-17-6-2-3-8-21(17)27-15-18(14-22(27)28)23(29)25-19-9-12-26(13-10-19)16-20-7-4-5-11-24-20/h2-8,11,18-19H,9-10,12-16H2,1H3,(H,25,29). The van der Waals surface area contributed by atoms with Crippen molar-refractivity contribution in [1.29, 1.82) is 0 Å².